The third-order valence-electron chi connectivity index (χ3n) is 2.42. The lowest BCUT2D eigenvalue weighted by Crippen LogP contribution is -2.11. The zero-order chi connectivity index (χ0) is 14.0. The molecule has 2 rings (SSSR count). The Bertz CT molecular complexity index is 576. The van der Waals surface area contributed by atoms with E-state index in [9.17, 15) is 13.2 Å². The van der Waals surface area contributed by atoms with Crippen molar-refractivity contribution >= 4 is 5.82 Å². The highest BCUT2D eigenvalue weighted by Gasteiger charge is 2.27. The van der Waals surface area contributed by atoms with Crippen molar-refractivity contribution in [3.8, 4) is 11.3 Å². The van der Waals surface area contributed by atoms with Gasteiger partial charge in [0.15, 0.2) is 0 Å². The quantitative estimate of drug-likeness (QED) is 0.926. The van der Waals surface area contributed by atoms with Gasteiger partial charge in [0, 0.05) is 31.3 Å². The third kappa shape index (κ3) is 3.67. The number of nitrogens with zero attached hydrogens (tertiary/aromatic N) is 4. The van der Waals surface area contributed by atoms with Crippen LogP contribution in [0.15, 0.2) is 18.5 Å². The minimum absolute atomic E-state index is 0.0798. The van der Waals surface area contributed by atoms with Crippen molar-refractivity contribution in [1.82, 2.24) is 19.7 Å². The summed E-state index contributed by atoms with van der Waals surface area (Å²) in [5.74, 6) is 0.224. The van der Waals surface area contributed by atoms with Crippen LogP contribution in [0.25, 0.3) is 11.3 Å². The molecular weight excluding hydrogens is 259 g/mol. The number of halogens is 3. The fraction of sp³-hybridized carbons (Fsp3) is 0.364. The molecule has 0 aliphatic heterocycles. The molecule has 5 nitrogen and oxygen atoms in total. The van der Waals surface area contributed by atoms with Gasteiger partial charge in [0.25, 0.3) is 0 Å². The fourth-order valence-corrected chi connectivity index (χ4v) is 1.58. The van der Waals surface area contributed by atoms with E-state index in [0.29, 0.717) is 11.3 Å². The molecule has 2 aromatic heterocycles. The molecule has 0 fully saturated rings. The number of rotatable bonds is 3. The summed E-state index contributed by atoms with van der Waals surface area (Å²) >= 11 is 0. The molecule has 0 bridgehead atoms. The lowest BCUT2D eigenvalue weighted by atomic mass is 10.2. The van der Waals surface area contributed by atoms with Gasteiger partial charge in [0.2, 0.25) is 0 Å². The lowest BCUT2D eigenvalue weighted by Gasteiger charge is -2.07. The van der Waals surface area contributed by atoms with E-state index in [1.54, 1.807) is 24.1 Å². The highest BCUT2D eigenvalue weighted by atomic mass is 19.4. The number of nitrogens with two attached hydrogens (primary N) is 1. The average Bonchev–Trinajstić information content (AvgIpc) is 2.72. The summed E-state index contributed by atoms with van der Waals surface area (Å²) in [4.78, 5) is 7.88. The van der Waals surface area contributed by atoms with Crippen molar-refractivity contribution in [2.75, 3.05) is 5.73 Å². The highest BCUT2D eigenvalue weighted by Crippen LogP contribution is 2.23. The second-order valence-corrected chi connectivity index (χ2v) is 4.11. The predicted molar refractivity (Wildman–Crippen MR) is 63.0 cm³/mol. The first-order chi connectivity index (χ1) is 8.83. The molecule has 8 heteroatoms. The van der Waals surface area contributed by atoms with E-state index in [-0.39, 0.29) is 18.1 Å². The van der Waals surface area contributed by atoms with Crippen molar-refractivity contribution in [2.45, 2.75) is 19.0 Å². The van der Waals surface area contributed by atoms with Gasteiger partial charge in [-0.05, 0) is 0 Å². The summed E-state index contributed by atoms with van der Waals surface area (Å²) in [6, 6.07) is 1.51. The second-order valence-electron chi connectivity index (χ2n) is 4.11. The number of nitrogen functional groups attached to an aromatic ring is 1. The summed E-state index contributed by atoms with van der Waals surface area (Å²) in [7, 11) is 1.73. The molecule has 0 aromatic carbocycles. The summed E-state index contributed by atoms with van der Waals surface area (Å²) in [5.41, 5.74) is 6.74. The Morgan fingerprint density at radius 2 is 2.05 bits per heavy atom. The van der Waals surface area contributed by atoms with E-state index in [0.717, 1.165) is 0 Å². The fourth-order valence-electron chi connectivity index (χ4n) is 1.58. The van der Waals surface area contributed by atoms with E-state index < -0.39 is 12.6 Å². The van der Waals surface area contributed by atoms with Gasteiger partial charge in [-0.2, -0.15) is 18.3 Å². The molecule has 0 aliphatic carbocycles. The maximum atomic E-state index is 12.2. The van der Waals surface area contributed by atoms with Crippen LogP contribution in [0.3, 0.4) is 0 Å². The Hall–Kier alpha value is -2.12. The van der Waals surface area contributed by atoms with E-state index in [2.05, 4.69) is 15.1 Å². The van der Waals surface area contributed by atoms with Gasteiger partial charge in [-0.1, -0.05) is 0 Å². The molecule has 0 radical (unpaired) electrons. The summed E-state index contributed by atoms with van der Waals surface area (Å²) in [5, 5.41) is 3.97. The molecule has 0 saturated carbocycles. The Labute approximate surface area is 107 Å². The number of hydrogen-bond donors (Lipinski definition) is 1. The lowest BCUT2D eigenvalue weighted by molar-refractivity contribution is -0.134. The average molecular weight is 271 g/mol. The van der Waals surface area contributed by atoms with Gasteiger partial charge in [0.05, 0.1) is 18.3 Å². The van der Waals surface area contributed by atoms with Gasteiger partial charge < -0.3 is 5.73 Å². The van der Waals surface area contributed by atoms with Crippen molar-refractivity contribution in [3.63, 3.8) is 0 Å². The molecule has 0 unspecified atom stereocenters. The number of aryl methyl sites for hydroxylation is 2. The van der Waals surface area contributed by atoms with Crippen LogP contribution in [0.4, 0.5) is 19.0 Å². The number of aromatic nitrogens is 4. The Morgan fingerprint density at radius 1 is 1.32 bits per heavy atom. The number of anilines is 1. The van der Waals surface area contributed by atoms with Crippen LogP contribution in [-0.2, 0) is 13.5 Å². The van der Waals surface area contributed by atoms with Crippen LogP contribution in [0.1, 0.15) is 12.2 Å². The monoisotopic (exact) mass is 271 g/mol. The zero-order valence-electron chi connectivity index (χ0n) is 10.1. The van der Waals surface area contributed by atoms with Crippen LogP contribution in [0.2, 0.25) is 0 Å². The molecule has 102 valence electrons. The first-order valence-corrected chi connectivity index (χ1v) is 5.53. The molecule has 0 atom stereocenters. The number of hydrogen-bond acceptors (Lipinski definition) is 4. The van der Waals surface area contributed by atoms with E-state index in [1.165, 1.54) is 6.07 Å². The van der Waals surface area contributed by atoms with Crippen LogP contribution in [0, 0.1) is 0 Å². The predicted octanol–water partition coefficient (Wildman–Crippen LogP) is 1.95. The van der Waals surface area contributed by atoms with Crippen molar-refractivity contribution in [1.29, 1.82) is 0 Å². The SMILES string of the molecule is Cn1cc(-c2cc(N)nc(CCC(F)(F)F)n2)cn1. The molecule has 0 amide bonds. The summed E-state index contributed by atoms with van der Waals surface area (Å²) in [6.07, 6.45) is -2.22. The minimum Gasteiger partial charge on any atom is -0.384 e. The Balaban J connectivity index is 2.25. The van der Waals surface area contributed by atoms with E-state index in [4.69, 9.17) is 5.73 Å². The van der Waals surface area contributed by atoms with Gasteiger partial charge in [-0.3, -0.25) is 4.68 Å². The smallest absolute Gasteiger partial charge is 0.384 e. The first-order valence-electron chi connectivity index (χ1n) is 5.53. The molecule has 0 aliphatic rings. The molecule has 0 spiro atoms. The summed E-state index contributed by atoms with van der Waals surface area (Å²) in [6.45, 7) is 0. The minimum atomic E-state index is -4.23. The zero-order valence-corrected chi connectivity index (χ0v) is 10.1. The maximum absolute atomic E-state index is 12.2. The topological polar surface area (TPSA) is 69.6 Å². The van der Waals surface area contributed by atoms with E-state index >= 15 is 0 Å². The Morgan fingerprint density at radius 3 is 2.63 bits per heavy atom. The van der Waals surface area contributed by atoms with Crippen molar-refractivity contribution < 1.29 is 13.2 Å². The summed E-state index contributed by atoms with van der Waals surface area (Å²) < 4.78 is 38.1. The molecule has 2 heterocycles. The molecule has 2 aromatic rings. The largest absolute Gasteiger partial charge is 0.389 e. The molecular formula is C11H12F3N5. The normalized spacial score (nSPS) is 11.8. The molecule has 2 N–H and O–H groups in total. The maximum Gasteiger partial charge on any atom is 0.389 e. The second kappa shape index (κ2) is 4.87. The van der Waals surface area contributed by atoms with Gasteiger partial charge in [-0.15, -0.1) is 0 Å². The molecule has 0 saturated heterocycles. The van der Waals surface area contributed by atoms with Crippen LogP contribution < -0.4 is 5.73 Å². The van der Waals surface area contributed by atoms with Crippen LogP contribution in [-0.4, -0.2) is 25.9 Å². The van der Waals surface area contributed by atoms with Crippen LogP contribution >= 0.6 is 0 Å². The van der Waals surface area contributed by atoms with E-state index in [1.807, 2.05) is 0 Å². The van der Waals surface area contributed by atoms with Gasteiger partial charge in [-0.25, -0.2) is 9.97 Å². The number of alkyl halides is 3. The molecule has 19 heavy (non-hydrogen) atoms. The van der Waals surface area contributed by atoms with Gasteiger partial charge >= 0.3 is 6.18 Å². The van der Waals surface area contributed by atoms with Crippen molar-refractivity contribution in [2.24, 2.45) is 7.05 Å². The van der Waals surface area contributed by atoms with Crippen molar-refractivity contribution in [3.05, 3.63) is 24.3 Å². The highest BCUT2D eigenvalue weighted by molar-refractivity contribution is 5.60. The Kier molecular flexibility index (Phi) is 3.41. The first kappa shape index (κ1) is 13.3. The van der Waals surface area contributed by atoms with Gasteiger partial charge in [0.1, 0.15) is 11.6 Å². The third-order valence-corrected chi connectivity index (χ3v) is 2.42. The van der Waals surface area contributed by atoms with Crippen LogP contribution in [0.5, 0.6) is 0 Å². The standard InChI is InChI=1S/C11H12F3N5/c1-19-6-7(5-16-19)8-4-9(15)18-10(17-8)2-3-11(12,13)14/h4-6H,2-3H2,1H3,(H2,15,17,18).